The van der Waals surface area contributed by atoms with Crippen LogP contribution in [0.4, 0.5) is 5.69 Å². The third-order valence-corrected chi connectivity index (χ3v) is 4.22. The number of benzene rings is 2. The van der Waals surface area contributed by atoms with E-state index in [9.17, 15) is 0 Å². The van der Waals surface area contributed by atoms with E-state index in [0.717, 1.165) is 17.9 Å². The standard InChI is InChI=1S/C19H23NO/c1-5-15-6-8-16(9-7-15)19-14(4)20-17-11-12(2)10-13(3)18(17)21-19/h6-11,14,19-20H,5H2,1-4H3. The lowest BCUT2D eigenvalue weighted by molar-refractivity contribution is 0.176. The van der Waals surface area contributed by atoms with Crippen molar-refractivity contribution in [3.8, 4) is 5.75 Å². The average Bonchev–Trinajstić information content (AvgIpc) is 2.46. The molecular formula is C19H23NO. The molecule has 0 saturated carbocycles. The molecule has 2 nitrogen and oxygen atoms in total. The normalized spacial score (nSPS) is 20.4. The van der Waals surface area contributed by atoms with Crippen LogP contribution in [0, 0.1) is 13.8 Å². The molecule has 1 aliphatic heterocycles. The summed E-state index contributed by atoms with van der Waals surface area (Å²) < 4.78 is 6.33. The lowest BCUT2D eigenvalue weighted by atomic mass is 9.98. The molecule has 2 heteroatoms. The van der Waals surface area contributed by atoms with Gasteiger partial charge in [-0.05, 0) is 55.5 Å². The number of anilines is 1. The third kappa shape index (κ3) is 2.63. The first kappa shape index (κ1) is 14.0. The molecule has 2 aromatic rings. The molecule has 2 aromatic carbocycles. The van der Waals surface area contributed by atoms with Crippen molar-refractivity contribution in [1.29, 1.82) is 0 Å². The number of ether oxygens (including phenoxy) is 1. The number of rotatable bonds is 2. The van der Waals surface area contributed by atoms with Crippen LogP contribution in [0.25, 0.3) is 0 Å². The van der Waals surface area contributed by atoms with Crippen molar-refractivity contribution >= 4 is 5.69 Å². The molecule has 0 aromatic heterocycles. The molecule has 3 rings (SSSR count). The summed E-state index contributed by atoms with van der Waals surface area (Å²) in [4.78, 5) is 0. The first-order chi connectivity index (χ1) is 10.1. The molecule has 0 saturated heterocycles. The van der Waals surface area contributed by atoms with Gasteiger partial charge in [0.05, 0.1) is 11.7 Å². The van der Waals surface area contributed by atoms with E-state index < -0.39 is 0 Å². The van der Waals surface area contributed by atoms with E-state index in [0.29, 0.717) is 0 Å². The van der Waals surface area contributed by atoms with Crippen LogP contribution in [0.1, 0.15) is 42.2 Å². The van der Waals surface area contributed by atoms with Crippen LogP contribution in [0.5, 0.6) is 5.75 Å². The van der Waals surface area contributed by atoms with Gasteiger partial charge in [0.1, 0.15) is 11.9 Å². The molecular weight excluding hydrogens is 258 g/mol. The van der Waals surface area contributed by atoms with Crippen LogP contribution in [-0.4, -0.2) is 6.04 Å². The Labute approximate surface area is 127 Å². The van der Waals surface area contributed by atoms with E-state index in [2.05, 4.69) is 69.4 Å². The van der Waals surface area contributed by atoms with Crippen LogP contribution < -0.4 is 10.1 Å². The van der Waals surface area contributed by atoms with Gasteiger partial charge >= 0.3 is 0 Å². The summed E-state index contributed by atoms with van der Waals surface area (Å²) in [5.41, 5.74) is 6.17. The summed E-state index contributed by atoms with van der Waals surface area (Å²) in [6.45, 7) is 8.59. The lowest BCUT2D eigenvalue weighted by Crippen LogP contribution is -2.33. The molecule has 1 N–H and O–H groups in total. The van der Waals surface area contributed by atoms with Gasteiger partial charge in [0.15, 0.2) is 0 Å². The zero-order valence-electron chi connectivity index (χ0n) is 13.2. The van der Waals surface area contributed by atoms with E-state index in [1.807, 2.05) is 0 Å². The first-order valence-electron chi connectivity index (χ1n) is 7.71. The number of fused-ring (bicyclic) bond motifs is 1. The zero-order valence-corrected chi connectivity index (χ0v) is 13.2. The monoisotopic (exact) mass is 281 g/mol. The predicted molar refractivity (Wildman–Crippen MR) is 88.2 cm³/mol. The largest absolute Gasteiger partial charge is 0.481 e. The minimum atomic E-state index is 0.0600. The smallest absolute Gasteiger partial charge is 0.146 e. The van der Waals surface area contributed by atoms with Crippen LogP contribution in [0.2, 0.25) is 0 Å². The highest BCUT2D eigenvalue weighted by Crippen LogP contribution is 2.40. The maximum Gasteiger partial charge on any atom is 0.146 e. The molecule has 1 heterocycles. The molecule has 0 spiro atoms. The third-order valence-electron chi connectivity index (χ3n) is 4.22. The fourth-order valence-electron chi connectivity index (χ4n) is 3.07. The van der Waals surface area contributed by atoms with Gasteiger partial charge in [-0.15, -0.1) is 0 Å². The van der Waals surface area contributed by atoms with E-state index in [-0.39, 0.29) is 12.1 Å². The Morgan fingerprint density at radius 2 is 1.81 bits per heavy atom. The Kier molecular flexibility index (Phi) is 3.62. The quantitative estimate of drug-likeness (QED) is 0.853. The Morgan fingerprint density at radius 3 is 2.48 bits per heavy atom. The number of hydrogen-bond donors (Lipinski definition) is 1. The van der Waals surface area contributed by atoms with Gasteiger partial charge in [-0.25, -0.2) is 0 Å². The maximum atomic E-state index is 6.33. The summed E-state index contributed by atoms with van der Waals surface area (Å²) >= 11 is 0. The van der Waals surface area contributed by atoms with E-state index in [1.165, 1.54) is 22.3 Å². The number of hydrogen-bond acceptors (Lipinski definition) is 2. The summed E-state index contributed by atoms with van der Waals surface area (Å²) in [6, 6.07) is 13.4. The van der Waals surface area contributed by atoms with Crippen LogP contribution >= 0.6 is 0 Å². The second kappa shape index (κ2) is 5.44. The number of nitrogens with one attached hydrogen (secondary N) is 1. The minimum Gasteiger partial charge on any atom is -0.481 e. The van der Waals surface area contributed by atoms with Gasteiger partial charge in [-0.1, -0.05) is 37.3 Å². The van der Waals surface area contributed by atoms with Crippen molar-refractivity contribution in [2.45, 2.75) is 46.3 Å². The molecule has 2 unspecified atom stereocenters. The topological polar surface area (TPSA) is 21.3 Å². The van der Waals surface area contributed by atoms with Crippen molar-refractivity contribution in [1.82, 2.24) is 0 Å². The van der Waals surface area contributed by atoms with Crippen LogP contribution in [0.15, 0.2) is 36.4 Å². The molecule has 0 radical (unpaired) electrons. The van der Waals surface area contributed by atoms with E-state index >= 15 is 0 Å². The fraction of sp³-hybridized carbons (Fsp3) is 0.368. The molecule has 21 heavy (non-hydrogen) atoms. The Hall–Kier alpha value is -1.96. The van der Waals surface area contributed by atoms with Gasteiger partial charge in [0.25, 0.3) is 0 Å². The summed E-state index contributed by atoms with van der Waals surface area (Å²) in [7, 11) is 0. The summed E-state index contributed by atoms with van der Waals surface area (Å²) in [5, 5.41) is 3.59. The Balaban J connectivity index is 1.94. The summed E-state index contributed by atoms with van der Waals surface area (Å²) in [6.07, 6.45) is 1.13. The molecule has 2 atom stereocenters. The SMILES string of the molecule is CCc1ccc(C2Oc3c(C)cc(C)cc3NC2C)cc1. The van der Waals surface area contributed by atoms with Gasteiger partial charge in [-0.2, -0.15) is 0 Å². The zero-order chi connectivity index (χ0) is 15.0. The van der Waals surface area contributed by atoms with E-state index in [4.69, 9.17) is 4.74 Å². The van der Waals surface area contributed by atoms with Crippen molar-refractivity contribution in [3.63, 3.8) is 0 Å². The second-order valence-electron chi connectivity index (χ2n) is 6.03. The second-order valence-corrected chi connectivity index (χ2v) is 6.03. The predicted octanol–water partition coefficient (Wildman–Crippen LogP) is 4.80. The van der Waals surface area contributed by atoms with Gasteiger partial charge < -0.3 is 10.1 Å². The molecule has 0 fully saturated rings. The Morgan fingerprint density at radius 1 is 1.10 bits per heavy atom. The fourth-order valence-corrected chi connectivity index (χ4v) is 3.07. The minimum absolute atomic E-state index is 0.0600. The van der Waals surface area contributed by atoms with Crippen LogP contribution in [-0.2, 0) is 6.42 Å². The highest BCUT2D eigenvalue weighted by Gasteiger charge is 2.28. The van der Waals surface area contributed by atoms with Crippen LogP contribution in [0.3, 0.4) is 0 Å². The average molecular weight is 281 g/mol. The maximum absolute atomic E-state index is 6.33. The Bertz CT molecular complexity index is 645. The highest BCUT2D eigenvalue weighted by molar-refractivity contribution is 5.64. The molecule has 0 amide bonds. The number of aryl methyl sites for hydroxylation is 3. The molecule has 0 aliphatic carbocycles. The highest BCUT2D eigenvalue weighted by atomic mass is 16.5. The molecule has 1 aliphatic rings. The van der Waals surface area contributed by atoms with Gasteiger partial charge in [0.2, 0.25) is 0 Å². The van der Waals surface area contributed by atoms with Crippen molar-refractivity contribution < 1.29 is 4.74 Å². The van der Waals surface area contributed by atoms with Crippen molar-refractivity contribution in [2.24, 2.45) is 0 Å². The first-order valence-corrected chi connectivity index (χ1v) is 7.71. The van der Waals surface area contributed by atoms with Gasteiger partial charge in [0, 0.05) is 0 Å². The van der Waals surface area contributed by atoms with E-state index in [1.54, 1.807) is 0 Å². The van der Waals surface area contributed by atoms with Crippen molar-refractivity contribution in [2.75, 3.05) is 5.32 Å². The van der Waals surface area contributed by atoms with Crippen molar-refractivity contribution in [3.05, 3.63) is 58.7 Å². The molecule has 110 valence electrons. The molecule has 0 bridgehead atoms. The van der Waals surface area contributed by atoms with Gasteiger partial charge in [-0.3, -0.25) is 0 Å². The lowest BCUT2D eigenvalue weighted by Gasteiger charge is -2.34. The summed E-state index contributed by atoms with van der Waals surface area (Å²) in [5.74, 6) is 0.989.